The highest BCUT2D eigenvalue weighted by atomic mass is 19.4. The number of aryl methyl sites for hydroxylation is 1. The van der Waals surface area contributed by atoms with Gasteiger partial charge in [-0.2, -0.15) is 13.2 Å². The maximum Gasteiger partial charge on any atom is 0.416 e. The van der Waals surface area contributed by atoms with Crippen LogP contribution in [-0.2, 0) is 25.7 Å². The summed E-state index contributed by atoms with van der Waals surface area (Å²) in [4.78, 5) is 0. The van der Waals surface area contributed by atoms with Crippen LogP contribution in [0.25, 0.3) is 0 Å². The largest absolute Gasteiger partial charge is 0.508 e. The van der Waals surface area contributed by atoms with Crippen molar-refractivity contribution in [1.29, 1.82) is 0 Å². The second-order valence-electron chi connectivity index (χ2n) is 6.14. The lowest BCUT2D eigenvalue weighted by Gasteiger charge is -2.15. The maximum atomic E-state index is 12.5. The second kappa shape index (κ2) is 8.36. The van der Waals surface area contributed by atoms with Crippen molar-refractivity contribution in [1.82, 2.24) is 5.32 Å². The Kier molecular flexibility index (Phi) is 6.45. The molecule has 0 fully saturated rings. The fourth-order valence-electron chi connectivity index (χ4n) is 2.51. The molecule has 1 unspecified atom stereocenters. The van der Waals surface area contributed by atoms with Gasteiger partial charge >= 0.3 is 6.18 Å². The number of alkyl halides is 3. The van der Waals surface area contributed by atoms with Crippen LogP contribution < -0.4 is 5.32 Å². The van der Waals surface area contributed by atoms with Crippen molar-refractivity contribution in [3.8, 4) is 5.75 Å². The minimum absolute atomic E-state index is 0.0831. The first kappa shape index (κ1) is 19.3. The molecule has 0 heterocycles. The topological polar surface area (TPSA) is 52.5 Å². The van der Waals surface area contributed by atoms with Gasteiger partial charge in [-0.1, -0.05) is 18.2 Å². The predicted octanol–water partition coefficient (Wildman–Crippen LogP) is 4.01. The predicted molar refractivity (Wildman–Crippen MR) is 90.1 cm³/mol. The van der Waals surface area contributed by atoms with Gasteiger partial charge in [-0.05, 0) is 55.2 Å². The van der Waals surface area contributed by atoms with Gasteiger partial charge in [-0.15, -0.1) is 0 Å². The maximum absolute atomic E-state index is 12.5. The molecule has 0 amide bonds. The lowest BCUT2D eigenvalue weighted by molar-refractivity contribution is -0.137. The average Bonchev–Trinajstić information content (AvgIpc) is 2.58. The highest BCUT2D eigenvalue weighted by Crippen LogP contribution is 2.29. The summed E-state index contributed by atoms with van der Waals surface area (Å²) < 4.78 is 37.6. The number of nitrogens with one attached hydrogen (secondary N) is 1. The van der Waals surface area contributed by atoms with Gasteiger partial charge in [0.15, 0.2) is 0 Å². The zero-order valence-corrected chi connectivity index (χ0v) is 14.0. The number of phenols is 1. The molecule has 0 aliphatic rings. The quantitative estimate of drug-likeness (QED) is 0.705. The molecule has 0 saturated heterocycles. The van der Waals surface area contributed by atoms with Crippen LogP contribution in [-0.4, -0.2) is 16.3 Å². The standard InChI is InChI=1S/C19H22F3NO2/c1-13(2-3-14-6-9-18(25)16(10-14)12-24)23-11-15-4-7-17(8-5-15)19(20,21)22/h4-10,13,23-25H,2-3,11-12H2,1H3. The van der Waals surface area contributed by atoms with Crippen LogP contribution in [0.1, 0.15) is 35.6 Å². The van der Waals surface area contributed by atoms with Crippen LogP contribution in [0, 0.1) is 0 Å². The molecule has 0 spiro atoms. The summed E-state index contributed by atoms with van der Waals surface area (Å²) in [7, 11) is 0. The van der Waals surface area contributed by atoms with Crippen LogP contribution in [0.2, 0.25) is 0 Å². The average molecular weight is 353 g/mol. The Balaban J connectivity index is 1.81. The first-order chi connectivity index (χ1) is 11.8. The van der Waals surface area contributed by atoms with Crippen LogP contribution in [0.15, 0.2) is 42.5 Å². The molecule has 3 nitrogen and oxygen atoms in total. The highest BCUT2D eigenvalue weighted by Gasteiger charge is 2.29. The van der Waals surface area contributed by atoms with Gasteiger partial charge in [0.25, 0.3) is 0 Å². The Morgan fingerprint density at radius 1 is 1.04 bits per heavy atom. The van der Waals surface area contributed by atoms with Crippen molar-refractivity contribution in [3.05, 3.63) is 64.7 Å². The van der Waals surface area contributed by atoms with Crippen LogP contribution in [0.5, 0.6) is 5.75 Å². The van der Waals surface area contributed by atoms with Crippen molar-refractivity contribution in [3.63, 3.8) is 0 Å². The van der Waals surface area contributed by atoms with E-state index in [0.717, 1.165) is 36.1 Å². The number of halogens is 3. The van der Waals surface area contributed by atoms with E-state index in [-0.39, 0.29) is 18.4 Å². The first-order valence-electron chi connectivity index (χ1n) is 8.10. The van der Waals surface area contributed by atoms with Gasteiger partial charge in [-0.25, -0.2) is 0 Å². The lowest BCUT2D eigenvalue weighted by Crippen LogP contribution is -2.26. The summed E-state index contributed by atoms with van der Waals surface area (Å²) in [6, 6.07) is 10.5. The number of aliphatic hydroxyl groups is 1. The van der Waals surface area contributed by atoms with Gasteiger partial charge in [-0.3, -0.25) is 0 Å². The lowest BCUT2D eigenvalue weighted by atomic mass is 10.0. The van der Waals surface area contributed by atoms with E-state index in [1.165, 1.54) is 12.1 Å². The smallest absolute Gasteiger partial charge is 0.416 e. The van der Waals surface area contributed by atoms with Crippen molar-refractivity contribution < 1.29 is 23.4 Å². The molecule has 6 heteroatoms. The van der Waals surface area contributed by atoms with Crippen LogP contribution >= 0.6 is 0 Å². The number of benzene rings is 2. The monoisotopic (exact) mass is 353 g/mol. The van der Waals surface area contributed by atoms with E-state index in [1.807, 2.05) is 13.0 Å². The Morgan fingerprint density at radius 3 is 2.28 bits per heavy atom. The van der Waals surface area contributed by atoms with Gasteiger partial charge in [0, 0.05) is 18.2 Å². The van der Waals surface area contributed by atoms with Crippen molar-refractivity contribution in [2.24, 2.45) is 0 Å². The molecular weight excluding hydrogens is 331 g/mol. The third kappa shape index (κ3) is 5.76. The molecule has 3 N–H and O–H groups in total. The summed E-state index contributed by atoms with van der Waals surface area (Å²) in [6.45, 7) is 2.30. The van der Waals surface area contributed by atoms with E-state index >= 15 is 0 Å². The molecule has 0 aliphatic carbocycles. The SMILES string of the molecule is CC(CCc1ccc(O)c(CO)c1)NCc1ccc(C(F)(F)F)cc1. The fraction of sp³-hybridized carbons (Fsp3) is 0.368. The number of aromatic hydroxyl groups is 1. The summed E-state index contributed by atoms with van der Waals surface area (Å²) in [5.74, 6) is 0.0831. The van der Waals surface area contributed by atoms with E-state index in [9.17, 15) is 18.3 Å². The molecule has 0 bridgehead atoms. The van der Waals surface area contributed by atoms with Gasteiger partial charge in [0.1, 0.15) is 5.75 Å². The van der Waals surface area contributed by atoms with E-state index in [0.29, 0.717) is 12.1 Å². The molecule has 1 atom stereocenters. The Hall–Kier alpha value is -2.05. The van der Waals surface area contributed by atoms with Gasteiger partial charge in [0.2, 0.25) is 0 Å². The first-order valence-corrected chi connectivity index (χ1v) is 8.10. The minimum Gasteiger partial charge on any atom is -0.508 e. The van der Waals surface area contributed by atoms with E-state index < -0.39 is 11.7 Å². The molecule has 25 heavy (non-hydrogen) atoms. The normalized spacial score (nSPS) is 13.0. The van der Waals surface area contributed by atoms with Crippen molar-refractivity contribution >= 4 is 0 Å². The minimum atomic E-state index is -4.31. The summed E-state index contributed by atoms with van der Waals surface area (Å²) in [5.41, 5.74) is 1.68. The molecular formula is C19H22F3NO2. The van der Waals surface area contributed by atoms with E-state index in [4.69, 9.17) is 5.11 Å². The zero-order chi connectivity index (χ0) is 18.4. The van der Waals surface area contributed by atoms with Crippen molar-refractivity contribution in [2.45, 2.75) is 45.1 Å². The highest BCUT2D eigenvalue weighted by molar-refractivity contribution is 5.35. The Labute approximate surface area is 145 Å². The zero-order valence-electron chi connectivity index (χ0n) is 14.0. The number of aliphatic hydroxyl groups excluding tert-OH is 1. The Morgan fingerprint density at radius 2 is 1.68 bits per heavy atom. The number of rotatable bonds is 7. The molecule has 0 aliphatic heterocycles. The molecule has 136 valence electrons. The molecule has 2 aromatic rings. The number of hydrogen-bond acceptors (Lipinski definition) is 3. The molecule has 0 aromatic heterocycles. The third-order valence-corrected chi connectivity index (χ3v) is 4.12. The van der Waals surface area contributed by atoms with Crippen LogP contribution in [0.4, 0.5) is 13.2 Å². The third-order valence-electron chi connectivity index (χ3n) is 4.12. The fourth-order valence-corrected chi connectivity index (χ4v) is 2.51. The summed E-state index contributed by atoms with van der Waals surface area (Å²) >= 11 is 0. The van der Waals surface area contributed by atoms with Gasteiger partial charge in [0.05, 0.1) is 12.2 Å². The van der Waals surface area contributed by atoms with E-state index in [1.54, 1.807) is 12.1 Å². The van der Waals surface area contributed by atoms with Crippen molar-refractivity contribution in [2.75, 3.05) is 0 Å². The molecule has 0 radical (unpaired) electrons. The van der Waals surface area contributed by atoms with E-state index in [2.05, 4.69) is 5.32 Å². The van der Waals surface area contributed by atoms with Gasteiger partial charge < -0.3 is 15.5 Å². The molecule has 0 saturated carbocycles. The summed E-state index contributed by atoms with van der Waals surface area (Å²) in [5, 5.41) is 22.0. The number of hydrogen-bond donors (Lipinski definition) is 3. The second-order valence-corrected chi connectivity index (χ2v) is 6.14. The molecule has 2 aromatic carbocycles. The molecule has 2 rings (SSSR count). The summed E-state index contributed by atoms with van der Waals surface area (Å²) in [6.07, 6.45) is -2.71. The van der Waals surface area contributed by atoms with Crippen LogP contribution in [0.3, 0.4) is 0 Å². The Bertz CT molecular complexity index is 684.